The number of amides is 1. The van der Waals surface area contributed by atoms with E-state index in [2.05, 4.69) is 4.90 Å². The summed E-state index contributed by atoms with van der Waals surface area (Å²) in [6.07, 6.45) is -4.44. The van der Waals surface area contributed by atoms with Crippen molar-refractivity contribution in [2.75, 3.05) is 19.6 Å². The second-order valence-electron chi connectivity index (χ2n) is 9.83. The Morgan fingerprint density at radius 2 is 1.73 bits per heavy atom. The van der Waals surface area contributed by atoms with Crippen LogP contribution in [-0.4, -0.2) is 41.4 Å². The first-order valence-corrected chi connectivity index (χ1v) is 12.6. The van der Waals surface area contributed by atoms with Crippen LogP contribution >= 0.6 is 11.6 Å². The van der Waals surface area contributed by atoms with Gasteiger partial charge in [-0.2, -0.15) is 13.2 Å². The largest absolute Gasteiger partial charge is 0.416 e. The molecular formula is C29H29ClF4N2O. The van der Waals surface area contributed by atoms with Crippen molar-refractivity contribution in [2.45, 2.75) is 38.5 Å². The molecule has 3 aromatic carbocycles. The molecule has 1 aliphatic heterocycles. The quantitative estimate of drug-likeness (QED) is 0.299. The number of carbonyl (C=O) groups excluding carboxylic acids is 1. The van der Waals surface area contributed by atoms with E-state index in [-0.39, 0.29) is 23.8 Å². The van der Waals surface area contributed by atoms with Crippen LogP contribution in [0.15, 0.2) is 72.8 Å². The van der Waals surface area contributed by atoms with E-state index >= 15 is 0 Å². The zero-order valence-corrected chi connectivity index (χ0v) is 21.4. The lowest BCUT2D eigenvalue weighted by atomic mass is 9.87. The molecule has 0 N–H and O–H groups in total. The first kappa shape index (κ1) is 27.1. The number of nitrogens with zero attached hydrogens (tertiary/aromatic N) is 2. The Labute approximate surface area is 219 Å². The molecular weight excluding hydrogens is 504 g/mol. The Morgan fingerprint density at radius 3 is 2.38 bits per heavy atom. The number of likely N-dealkylation sites (tertiary alicyclic amines) is 1. The summed E-state index contributed by atoms with van der Waals surface area (Å²) in [5.74, 6) is -0.990. The van der Waals surface area contributed by atoms with Gasteiger partial charge in [0.05, 0.1) is 5.56 Å². The van der Waals surface area contributed by atoms with Crippen LogP contribution in [0, 0.1) is 11.7 Å². The molecule has 0 bridgehead atoms. The van der Waals surface area contributed by atoms with Gasteiger partial charge in [0.1, 0.15) is 5.82 Å². The van der Waals surface area contributed by atoms with Gasteiger partial charge in [0, 0.05) is 48.7 Å². The third-order valence-corrected chi connectivity index (χ3v) is 7.29. The average molecular weight is 533 g/mol. The fourth-order valence-corrected chi connectivity index (χ4v) is 5.20. The molecule has 4 rings (SSSR count). The van der Waals surface area contributed by atoms with E-state index in [1.807, 2.05) is 38.1 Å². The summed E-state index contributed by atoms with van der Waals surface area (Å²) in [7, 11) is 0. The highest BCUT2D eigenvalue weighted by molar-refractivity contribution is 6.31. The molecule has 0 aromatic heterocycles. The fraction of sp³-hybridized carbons (Fsp3) is 0.345. The Hall–Kier alpha value is -2.90. The van der Waals surface area contributed by atoms with Gasteiger partial charge in [-0.05, 0) is 67.3 Å². The van der Waals surface area contributed by atoms with Crippen molar-refractivity contribution >= 4 is 17.5 Å². The lowest BCUT2D eigenvalue weighted by Crippen LogP contribution is -2.42. The minimum atomic E-state index is -4.44. The highest BCUT2D eigenvalue weighted by Crippen LogP contribution is 2.38. The molecule has 37 heavy (non-hydrogen) atoms. The molecule has 0 spiro atoms. The topological polar surface area (TPSA) is 23.6 Å². The number of rotatable bonds is 7. The normalized spacial score (nSPS) is 18.4. The second kappa shape index (κ2) is 11.2. The van der Waals surface area contributed by atoms with Gasteiger partial charge in [0.15, 0.2) is 0 Å². The Balaban J connectivity index is 1.63. The standard InChI is InChI=1S/C29H29ClF4N2O/c1-19(2)36(28(37)20-10-12-25(31)13-11-20)17-23-16-35(15-22-6-3-4-9-27(22)30)18-26(23)21-7-5-8-24(14-21)29(32,33)34/h3-14,19,23,26H,15-18H2,1-2H3. The number of alkyl halides is 3. The summed E-state index contributed by atoms with van der Waals surface area (Å²) in [6, 6.07) is 18.2. The minimum Gasteiger partial charge on any atom is -0.336 e. The van der Waals surface area contributed by atoms with Crippen LogP contribution in [0.3, 0.4) is 0 Å². The van der Waals surface area contributed by atoms with E-state index in [0.717, 1.165) is 11.6 Å². The predicted molar refractivity (Wildman–Crippen MR) is 137 cm³/mol. The third-order valence-electron chi connectivity index (χ3n) is 6.92. The molecule has 2 atom stereocenters. The fourth-order valence-electron chi connectivity index (χ4n) is 5.00. The monoisotopic (exact) mass is 532 g/mol. The summed E-state index contributed by atoms with van der Waals surface area (Å²) in [5.41, 5.74) is 1.23. The highest BCUT2D eigenvalue weighted by atomic mass is 35.5. The number of halogens is 5. The Bertz CT molecular complexity index is 1230. The molecule has 1 heterocycles. The number of hydrogen-bond acceptors (Lipinski definition) is 2. The summed E-state index contributed by atoms with van der Waals surface area (Å²) in [5, 5.41) is 0.636. The van der Waals surface area contributed by atoms with Gasteiger partial charge in [0.25, 0.3) is 5.91 Å². The van der Waals surface area contributed by atoms with Crippen LogP contribution in [0.2, 0.25) is 5.02 Å². The number of hydrogen-bond donors (Lipinski definition) is 0. The summed E-state index contributed by atoms with van der Waals surface area (Å²) < 4.78 is 53.9. The predicted octanol–water partition coefficient (Wildman–Crippen LogP) is 7.26. The summed E-state index contributed by atoms with van der Waals surface area (Å²) in [6.45, 7) is 5.83. The second-order valence-corrected chi connectivity index (χ2v) is 10.2. The maximum absolute atomic E-state index is 13.5. The zero-order chi connectivity index (χ0) is 26.7. The number of carbonyl (C=O) groups is 1. The maximum atomic E-state index is 13.5. The molecule has 1 saturated heterocycles. The van der Waals surface area contributed by atoms with Crippen LogP contribution < -0.4 is 0 Å². The van der Waals surface area contributed by atoms with Crippen molar-refractivity contribution in [3.05, 3.63) is 106 Å². The van der Waals surface area contributed by atoms with E-state index in [1.165, 1.54) is 36.4 Å². The Morgan fingerprint density at radius 1 is 1.03 bits per heavy atom. The van der Waals surface area contributed by atoms with Gasteiger partial charge in [-0.3, -0.25) is 9.69 Å². The smallest absolute Gasteiger partial charge is 0.336 e. The molecule has 1 fully saturated rings. The van der Waals surface area contributed by atoms with Gasteiger partial charge in [-0.1, -0.05) is 48.0 Å². The SMILES string of the molecule is CC(C)N(CC1CN(Cc2ccccc2Cl)CC1c1cccc(C(F)(F)F)c1)C(=O)c1ccc(F)cc1. The average Bonchev–Trinajstić information content (AvgIpc) is 3.26. The number of benzene rings is 3. The maximum Gasteiger partial charge on any atom is 0.416 e. The third kappa shape index (κ3) is 6.51. The summed E-state index contributed by atoms with van der Waals surface area (Å²) in [4.78, 5) is 17.3. The van der Waals surface area contributed by atoms with Gasteiger partial charge in [0.2, 0.25) is 0 Å². The van der Waals surface area contributed by atoms with Crippen molar-refractivity contribution in [1.29, 1.82) is 0 Å². The molecule has 1 aliphatic rings. The minimum absolute atomic E-state index is 0.113. The first-order chi connectivity index (χ1) is 17.5. The molecule has 8 heteroatoms. The van der Waals surface area contributed by atoms with Crippen molar-refractivity contribution in [2.24, 2.45) is 5.92 Å². The van der Waals surface area contributed by atoms with Crippen molar-refractivity contribution in [3.63, 3.8) is 0 Å². The van der Waals surface area contributed by atoms with Crippen LogP contribution in [-0.2, 0) is 12.7 Å². The van der Waals surface area contributed by atoms with Gasteiger partial charge in [-0.15, -0.1) is 0 Å². The molecule has 0 radical (unpaired) electrons. The van der Waals surface area contributed by atoms with E-state index in [1.54, 1.807) is 11.0 Å². The van der Waals surface area contributed by atoms with Crippen LogP contribution in [0.1, 0.15) is 46.8 Å². The Kier molecular flexibility index (Phi) is 8.24. The van der Waals surface area contributed by atoms with Gasteiger partial charge < -0.3 is 4.90 Å². The van der Waals surface area contributed by atoms with Crippen molar-refractivity contribution in [3.8, 4) is 0 Å². The lowest BCUT2D eigenvalue weighted by molar-refractivity contribution is -0.137. The van der Waals surface area contributed by atoms with E-state index in [9.17, 15) is 22.4 Å². The van der Waals surface area contributed by atoms with Crippen LogP contribution in [0.25, 0.3) is 0 Å². The molecule has 0 saturated carbocycles. The van der Waals surface area contributed by atoms with E-state index in [0.29, 0.717) is 42.3 Å². The lowest BCUT2D eigenvalue weighted by Gasteiger charge is -2.32. The molecule has 3 aromatic rings. The van der Waals surface area contributed by atoms with Crippen molar-refractivity contribution < 1.29 is 22.4 Å². The molecule has 2 unspecified atom stereocenters. The molecule has 196 valence electrons. The van der Waals surface area contributed by atoms with Gasteiger partial charge in [-0.25, -0.2) is 4.39 Å². The van der Waals surface area contributed by atoms with E-state index < -0.39 is 17.6 Å². The zero-order valence-electron chi connectivity index (χ0n) is 20.7. The molecule has 1 amide bonds. The van der Waals surface area contributed by atoms with Crippen molar-refractivity contribution in [1.82, 2.24) is 9.80 Å². The van der Waals surface area contributed by atoms with Gasteiger partial charge >= 0.3 is 6.18 Å². The molecule has 3 nitrogen and oxygen atoms in total. The van der Waals surface area contributed by atoms with Crippen LogP contribution in [0.4, 0.5) is 17.6 Å². The van der Waals surface area contributed by atoms with Crippen LogP contribution in [0.5, 0.6) is 0 Å². The molecule has 0 aliphatic carbocycles. The first-order valence-electron chi connectivity index (χ1n) is 12.2. The summed E-state index contributed by atoms with van der Waals surface area (Å²) >= 11 is 6.38. The van der Waals surface area contributed by atoms with E-state index in [4.69, 9.17) is 11.6 Å². The highest BCUT2D eigenvalue weighted by Gasteiger charge is 2.38.